The molecule has 0 spiro atoms. The van der Waals surface area contributed by atoms with Gasteiger partial charge in [0, 0.05) is 26.1 Å². The first-order chi connectivity index (χ1) is 12.9. The van der Waals surface area contributed by atoms with Gasteiger partial charge in [0.05, 0.1) is 17.3 Å². The molecule has 0 aliphatic heterocycles. The molecule has 0 aliphatic carbocycles. The van der Waals surface area contributed by atoms with Gasteiger partial charge in [-0.3, -0.25) is 9.59 Å². The van der Waals surface area contributed by atoms with E-state index in [-0.39, 0.29) is 11.8 Å². The molecule has 0 radical (unpaired) electrons. The summed E-state index contributed by atoms with van der Waals surface area (Å²) in [4.78, 5) is 25.7. The van der Waals surface area contributed by atoms with E-state index >= 15 is 0 Å². The van der Waals surface area contributed by atoms with Gasteiger partial charge in [0.25, 0.3) is 5.91 Å². The lowest BCUT2D eigenvalue weighted by Gasteiger charge is -2.13. The van der Waals surface area contributed by atoms with Crippen molar-refractivity contribution in [3.05, 3.63) is 58.6 Å². The van der Waals surface area contributed by atoms with Crippen LogP contribution < -0.4 is 10.1 Å². The van der Waals surface area contributed by atoms with Crippen molar-refractivity contribution in [2.45, 2.75) is 26.2 Å². The molecule has 27 heavy (non-hydrogen) atoms. The molecule has 0 aromatic heterocycles. The zero-order chi connectivity index (χ0) is 19.8. The average Bonchev–Trinajstić information content (AvgIpc) is 2.62. The number of unbranched alkanes of at least 4 members (excludes halogenated alkanes) is 1. The summed E-state index contributed by atoms with van der Waals surface area (Å²) in [6, 6.07) is 12.7. The Morgan fingerprint density at radius 3 is 2.59 bits per heavy atom. The maximum Gasteiger partial charge on any atom is 0.253 e. The quantitative estimate of drug-likeness (QED) is 0.675. The molecule has 6 heteroatoms. The van der Waals surface area contributed by atoms with Crippen molar-refractivity contribution >= 4 is 29.1 Å². The molecule has 144 valence electrons. The molecule has 0 heterocycles. The van der Waals surface area contributed by atoms with E-state index in [1.54, 1.807) is 32.3 Å². The van der Waals surface area contributed by atoms with Crippen molar-refractivity contribution < 1.29 is 14.3 Å². The van der Waals surface area contributed by atoms with Gasteiger partial charge in [0.15, 0.2) is 0 Å². The van der Waals surface area contributed by atoms with Gasteiger partial charge in [0.2, 0.25) is 5.91 Å². The fraction of sp³-hybridized carbons (Fsp3) is 0.333. The minimum absolute atomic E-state index is 0.137. The number of nitrogens with zero attached hydrogens (tertiary/aromatic N) is 1. The smallest absolute Gasteiger partial charge is 0.253 e. The van der Waals surface area contributed by atoms with Gasteiger partial charge in [-0.25, -0.2) is 0 Å². The first-order valence-electron chi connectivity index (χ1n) is 8.87. The van der Waals surface area contributed by atoms with E-state index in [1.807, 2.05) is 31.2 Å². The fourth-order valence-electron chi connectivity index (χ4n) is 2.51. The lowest BCUT2D eigenvalue weighted by Crippen LogP contribution is -2.22. The summed E-state index contributed by atoms with van der Waals surface area (Å²) in [5, 5.41) is 3.18. The zero-order valence-electron chi connectivity index (χ0n) is 15.9. The van der Waals surface area contributed by atoms with Crippen LogP contribution in [0.5, 0.6) is 5.75 Å². The number of ether oxygens (including phenoxy) is 1. The second-order valence-corrected chi connectivity index (χ2v) is 6.97. The molecule has 2 rings (SSSR count). The molecule has 5 nitrogen and oxygen atoms in total. The number of carbonyl (C=O) groups is 2. The topological polar surface area (TPSA) is 58.6 Å². The van der Waals surface area contributed by atoms with Crippen LogP contribution in [0.3, 0.4) is 0 Å². The number of nitrogens with one attached hydrogen (secondary N) is 1. The molecule has 0 bridgehead atoms. The van der Waals surface area contributed by atoms with Gasteiger partial charge >= 0.3 is 0 Å². The highest BCUT2D eigenvalue weighted by Crippen LogP contribution is 2.24. The van der Waals surface area contributed by atoms with E-state index < -0.39 is 0 Å². The predicted octanol–water partition coefficient (Wildman–Crippen LogP) is 4.54. The molecule has 0 atom stereocenters. The summed E-state index contributed by atoms with van der Waals surface area (Å²) in [5.41, 5.74) is 2.08. The van der Waals surface area contributed by atoms with Crippen LogP contribution >= 0.6 is 11.6 Å². The summed E-state index contributed by atoms with van der Waals surface area (Å²) in [6.45, 7) is 2.58. The molecule has 0 saturated heterocycles. The normalized spacial score (nSPS) is 10.4. The summed E-state index contributed by atoms with van der Waals surface area (Å²) in [6.07, 6.45) is 1.83. The zero-order valence-corrected chi connectivity index (χ0v) is 16.7. The number of hydrogen-bond acceptors (Lipinski definition) is 3. The Morgan fingerprint density at radius 1 is 1.11 bits per heavy atom. The SMILES string of the molecule is Cc1cccc(OCCCCC(=O)Nc2cc(C(=O)N(C)C)ccc2Cl)c1. The molecule has 2 aromatic carbocycles. The second kappa shape index (κ2) is 9.97. The third-order valence-electron chi connectivity index (χ3n) is 3.95. The number of rotatable bonds is 8. The van der Waals surface area contributed by atoms with Crippen LogP contribution in [-0.2, 0) is 4.79 Å². The maximum absolute atomic E-state index is 12.2. The largest absolute Gasteiger partial charge is 0.494 e. The molecular formula is C21H25ClN2O3. The molecule has 0 saturated carbocycles. The molecule has 0 unspecified atom stereocenters. The maximum atomic E-state index is 12.2. The minimum Gasteiger partial charge on any atom is -0.494 e. The number of anilines is 1. The van der Waals surface area contributed by atoms with Crippen molar-refractivity contribution in [1.82, 2.24) is 4.90 Å². The van der Waals surface area contributed by atoms with E-state index in [1.165, 1.54) is 4.90 Å². The van der Waals surface area contributed by atoms with E-state index in [9.17, 15) is 9.59 Å². The van der Waals surface area contributed by atoms with Gasteiger partial charge in [0.1, 0.15) is 5.75 Å². The van der Waals surface area contributed by atoms with Crippen LogP contribution in [-0.4, -0.2) is 37.4 Å². The van der Waals surface area contributed by atoms with Gasteiger partial charge < -0.3 is 15.0 Å². The summed E-state index contributed by atoms with van der Waals surface area (Å²) in [5.74, 6) is 0.561. The second-order valence-electron chi connectivity index (χ2n) is 6.56. The highest BCUT2D eigenvalue weighted by Gasteiger charge is 2.12. The highest BCUT2D eigenvalue weighted by molar-refractivity contribution is 6.33. The van der Waals surface area contributed by atoms with Gasteiger partial charge in [-0.15, -0.1) is 0 Å². The van der Waals surface area contributed by atoms with Crippen molar-refractivity contribution in [2.24, 2.45) is 0 Å². The van der Waals surface area contributed by atoms with Gasteiger partial charge in [-0.05, 0) is 55.7 Å². The average molecular weight is 389 g/mol. The molecule has 0 aliphatic rings. The Bertz CT molecular complexity index is 806. The highest BCUT2D eigenvalue weighted by atomic mass is 35.5. The third-order valence-corrected chi connectivity index (χ3v) is 4.28. The fourth-order valence-corrected chi connectivity index (χ4v) is 2.67. The number of aryl methyl sites for hydroxylation is 1. The van der Waals surface area contributed by atoms with Crippen molar-refractivity contribution in [2.75, 3.05) is 26.0 Å². The van der Waals surface area contributed by atoms with Crippen LogP contribution in [0.25, 0.3) is 0 Å². The standard InChI is InChI=1S/C21H25ClN2O3/c1-15-7-6-8-17(13-15)27-12-5-4-9-20(25)23-19-14-16(10-11-18(19)22)21(26)24(2)3/h6-8,10-11,13-14H,4-5,9,12H2,1-3H3,(H,23,25). The van der Waals surface area contributed by atoms with Gasteiger partial charge in [-0.2, -0.15) is 0 Å². The number of hydrogen-bond donors (Lipinski definition) is 1. The first-order valence-corrected chi connectivity index (χ1v) is 9.25. The van der Waals surface area contributed by atoms with Crippen molar-refractivity contribution in [3.63, 3.8) is 0 Å². The number of amides is 2. The van der Waals surface area contributed by atoms with Crippen LogP contribution in [0, 0.1) is 6.92 Å². The molecular weight excluding hydrogens is 364 g/mol. The first kappa shape index (κ1) is 20.8. The van der Waals surface area contributed by atoms with Crippen molar-refractivity contribution in [3.8, 4) is 5.75 Å². The van der Waals surface area contributed by atoms with E-state index in [0.29, 0.717) is 35.7 Å². The number of halogens is 1. The number of benzene rings is 2. The van der Waals surface area contributed by atoms with Crippen LogP contribution in [0.1, 0.15) is 35.2 Å². The Morgan fingerprint density at radius 2 is 1.89 bits per heavy atom. The minimum atomic E-state index is -0.143. The lowest BCUT2D eigenvalue weighted by molar-refractivity contribution is -0.116. The summed E-state index contributed by atoms with van der Waals surface area (Å²) >= 11 is 6.13. The molecule has 0 fully saturated rings. The Balaban J connectivity index is 1.78. The van der Waals surface area contributed by atoms with E-state index in [0.717, 1.165) is 17.7 Å². The molecule has 2 aromatic rings. The third kappa shape index (κ3) is 6.61. The predicted molar refractivity (Wildman–Crippen MR) is 109 cm³/mol. The van der Waals surface area contributed by atoms with E-state index in [4.69, 9.17) is 16.3 Å². The van der Waals surface area contributed by atoms with Gasteiger partial charge in [-0.1, -0.05) is 23.7 Å². The summed E-state index contributed by atoms with van der Waals surface area (Å²) < 4.78 is 5.68. The Hall–Kier alpha value is -2.53. The Labute approximate surface area is 165 Å². The van der Waals surface area contributed by atoms with Crippen LogP contribution in [0.15, 0.2) is 42.5 Å². The van der Waals surface area contributed by atoms with E-state index in [2.05, 4.69) is 5.32 Å². The summed E-state index contributed by atoms with van der Waals surface area (Å²) in [7, 11) is 3.35. The van der Waals surface area contributed by atoms with Crippen LogP contribution in [0.2, 0.25) is 5.02 Å². The number of carbonyl (C=O) groups excluding carboxylic acids is 2. The Kier molecular flexibility index (Phi) is 7.67. The monoisotopic (exact) mass is 388 g/mol. The molecule has 2 amide bonds. The van der Waals surface area contributed by atoms with Crippen molar-refractivity contribution in [1.29, 1.82) is 0 Å². The lowest BCUT2D eigenvalue weighted by atomic mass is 10.1. The van der Waals surface area contributed by atoms with Crippen LogP contribution in [0.4, 0.5) is 5.69 Å². The molecule has 1 N–H and O–H groups in total.